The molecule has 5 heteroatoms. The van der Waals surface area contributed by atoms with Crippen molar-refractivity contribution in [3.63, 3.8) is 0 Å². The third-order valence-corrected chi connectivity index (χ3v) is 3.57. The van der Waals surface area contributed by atoms with E-state index in [0.717, 1.165) is 31.5 Å². The molecule has 0 saturated carbocycles. The molecular formula is C13H17FNO2S+. The van der Waals surface area contributed by atoms with Crippen LogP contribution in [-0.2, 0) is 15.1 Å². The molecule has 0 bridgehead atoms. The maximum Gasteiger partial charge on any atom is 0.316 e. The highest BCUT2D eigenvalue weighted by molar-refractivity contribution is 7.81. The Hall–Kier alpha value is -1.07. The van der Waals surface area contributed by atoms with E-state index in [1.54, 1.807) is 12.1 Å². The van der Waals surface area contributed by atoms with E-state index in [2.05, 4.69) is 17.9 Å². The van der Waals surface area contributed by atoms with E-state index < -0.39 is 5.60 Å². The van der Waals surface area contributed by atoms with E-state index in [1.165, 1.54) is 12.1 Å². The molecule has 1 saturated heterocycles. The molecule has 0 spiro atoms. The molecule has 1 aromatic rings. The summed E-state index contributed by atoms with van der Waals surface area (Å²) in [5.41, 5.74) is 0.259. The smallest absolute Gasteiger partial charge is 0.316 e. The number of ether oxygens (including phenoxy) is 1. The summed E-state index contributed by atoms with van der Waals surface area (Å²) >= 11 is 3.94. The number of benzene rings is 1. The Morgan fingerprint density at radius 3 is 2.50 bits per heavy atom. The van der Waals surface area contributed by atoms with Gasteiger partial charge in [0.25, 0.3) is 0 Å². The third-order valence-electron chi connectivity index (χ3n) is 3.31. The second-order valence-corrected chi connectivity index (χ2v) is 4.82. The number of esters is 1. The second-order valence-electron chi connectivity index (χ2n) is 4.50. The minimum absolute atomic E-state index is 0.0622. The Balaban J connectivity index is 2.28. The number of carbonyl (C=O) groups excluding carboxylic acids is 1. The highest BCUT2D eigenvalue weighted by Gasteiger charge is 2.39. The Kier molecular flexibility index (Phi) is 4.24. The fraction of sp³-hybridized carbons (Fsp3) is 0.462. The molecular weight excluding hydrogens is 253 g/mol. The van der Waals surface area contributed by atoms with Crippen LogP contribution >= 0.6 is 12.6 Å². The van der Waals surface area contributed by atoms with E-state index in [9.17, 15) is 9.18 Å². The summed E-state index contributed by atoms with van der Waals surface area (Å²) in [7, 11) is 0. The first kappa shape index (κ1) is 13.4. The molecule has 1 heterocycles. The van der Waals surface area contributed by atoms with Crippen molar-refractivity contribution in [1.29, 1.82) is 0 Å². The maximum absolute atomic E-state index is 13.0. The summed E-state index contributed by atoms with van der Waals surface area (Å²) in [6, 6.07) is 6.22. The van der Waals surface area contributed by atoms with Gasteiger partial charge in [-0.1, -0.05) is 12.1 Å². The number of thiol groups is 1. The zero-order valence-electron chi connectivity index (χ0n) is 10.1. The van der Waals surface area contributed by atoms with Gasteiger partial charge in [0.2, 0.25) is 0 Å². The van der Waals surface area contributed by atoms with Gasteiger partial charge in [0, 0.05) is 12.8 Å². The van der Waals surface area contributed by atoms with Crippen LogP contribution in [-0.4, -0.2) is 24.8 Å². The minimum Gasteiger partial charge on any atom is -0.453 e. The fourth-order valence-electron chi connectivity index (χ4n) is 2.39. The van der Waals surface area contributed by atoms with Gasteiger partial charge in [0.05, 0.1) is 18.8 Å². The summed E-state index contributed by atoms with van der Waals surface area (Å²) < 4.78 is 18.6. The van der Waals surface area contributed by atoms with E-state index >= 15 is 0 Å². The van der Waals surface area contributed by atoms with Gasteiger partial charge in [-0.25, -0.2) is 4.39 Å². The summed E-state index contributed by atoms with van der Waals surface area (Å²) in [4.78, 5) is 11.5. The van der Waals surface area contributed by atoms with Gasteiger partial charge in [-0.15, -0.1) is 0 Å². The first-order chi connectivity index (χ1) is 8.66. The lowest BCUT2D eigenvalue weighted by Gasteiger charge is -2.35. The van der Waals surface area contributed by atoms with Crippen LogP contribution < -0.4 is 5.32 Å². The lowest BCUT2D eigenvalue weighted by Crippen LogP contribution is -2.87. The average molecular weight is 270 g/mol. The van der Waals surface area contributed by atoms with Crippen LogP contribution in [0.1, 0.15) is 18.4 Å². The molecule has 1 aromatic carbocycles. The normalized spacial score (nSPS) is 18.3. The first-order valence-electron chi connectivity index (χ1n) is 6.07. The molecule has 1 fully saturated rings. The van der Waals surface area contributed by atoms with Gasteiger partial charge >= 0.3 is 5.97 Å². The zero-order valence-corrected chi connectivity index (χ0v) is 11.0. The predicted octanol–water partition coefficient (Wildman–Crippen LogP) is 0.851. The van der Waals surface area contributed by atoms with E-state index in [-0.39, 0.29) is 17.5 Å². The molecule has 98 valence electrons. The zero-order chi connectivity index (χ0) is 13.0. The molecule has 1 aliphatic rings. The van der Waals surface area contributed by atoms with Crippen LogP contribution in [0.5, 0.6) is 0 Å². The Labute approximate surface area is 111 Å². The van der Waals surface area contributed by atoms with Crippen molar-refractivity contribution in [1.82, 2.24) is 0 Å². The fourth-order valence-corrected chi connectivity index (χ4v) is 2.46. The molecule has 0 aliphatic carbocycles. The third kappa shape index (κ3) is 2.84. The molecule has 0 radical (unpaired) electrons. The van der Waals surface area contributed by atoms with E-state index in [0.29, 0.717) is 0 Å². The quantitative estimate of drug-likeness (QED) is 0.632. The van der Waals surface area contributed by atoms with Crippen LogP contribution in [0.25, 0.3) is 0 Å². The van der Waals surface area contributed by atoms with Gasteiger partial charge in [-0.05, 0) is 17.7 Å². The van der Waals surface area contributed by atoms with Gasteiger partial charge < -0.3 is 10.1 Å². The summed E-state index contributed by atoms with van der Waals surface area (Å²) in [5, 5.41) is 2.19. The van der Waals surface area contributed by atoms with E-state index in [1.807, 2.05) is 0 Å². The Morgan fingerprint density at radius 2 is 1.94 bits per heavy atom. The second kappa shape index (κ2) is 5.71. The molecule has 18 heavy (non-hydrogen) atoms. The molecule has 2 N–H and O–H groups in total. The summed E-state index contributed by atoms with van der Waals surface area (Å²) in [5.74, 6) is -0.548. The first-order valence-corrected chi connectivity index (χ1v) is 6.70. The van der Waals surface area contributed by atoms with Crippen molar-refractivity contribution < 1.29 is 19.2 Å². The number of hydrogen-bond acceptors (Lipinski definition) is 3. The molecule has 1 aliphatic heterocycles. The van der Waals surface area contributed by atoms with Crippen LogP contribution in [0, 0.1) is 5.82 Å². The van der Waals surface area contributed by atoms with Crippen molar-refractivity contribution in [2.24, 2.45) is 0 Å². The minimum atomic E-state index is -0.609. The van der Waals surface area contributed by atoms with Crippen LogP contribution in [0.15, 0.2) is 24.3 Å². The number of rotatable bonds is 3. The molecule has 0 aromatic heterocycles. The topological polar surface area (TPSA) is 42.9 Å². The molecule has 0 unspecified atom stereocenters. The Morgan fingerprint density at radius 1 is 1.33 bits per heavy atom. The maximum atomic E-state index is 13.0. The largest absolute Gasteiger partial charge is 0.453 e. The number of piperidine rings is 1. The molecule has 2 rings (SSSR count). The number of halogens is 1. The van der Waals surface area contributed by atoms with Gasteiger partial charge in [-0.3, -0.25) is 4.79 Å². The molecule has 0 atom stereocenters. The van der Waals surface area contributed by atoms with Gasteiger partial charge in [0.15, 0.2) is 0 Å². The number of nitrogens with two attached hydrogens (primary N) is 1. The standard InChI is InChI=1S/C13H16FNO2S/c14-11-3-1-10(2-4-11)13(17-12(16)9-18)5-7-15-8-6-13/h1-4,15,18H,5-9H2/p+1. The number of carbonyl (C=O) groups is 1. The van der Waals surface area contributed by atoms with Crippen LogP contribution in [0.3, 0.4) is 0 Å². The average Bonchev–Trinajstić information content (AvgIpc) is 2.40. The molecule has 3 nitrogen and oxygen atoms in total. The number of quaternary nitrogens is 1. The van der Waals surface area contributed by atoms with Crippen molar-refractivity contribution in [3.05, 3.63) is 35.6 Å². The van der Waals surface area contributed by atoms with Crippen molar-refractivity contribution in [2.75, 3.05) is 18.8 Å². The van der Waals surface area contributed by atoms with Crippen molar-refractivity contribution in [3.8, 4) is 0 Å². The number of hydrogen-bond donors (Lipinski definition) is 2. The SMILES string of the molecule is O=C(CS)OC1(c2ccc(F)cc2)CC[NH2+]CC1. The van der Waals surface area contributed by atoms with Gasteiger partial charge in [-0.2, -0.15) is 12.6 Å². The highest BCUT2D eigenvalue weighted by Crippen LogP contribution is 2.34. The predicted molar refractivity (Wildman–Crippen MR) is 68.9 cm³/mol. The Bertz CT molecular complexity index is 416. The highest BCUT2D eigenvalue weighted by atomic mass is 32.1. The van der Waals surface area contributed by atoms with Gasteiger partial charge in [0.1, 0.15) is 11.4 Å². The van der Waals surface area contributed by atoms with Crippen LogP contribution in [0.4, 0.5) is 4.39 Å². The van der Waals surface area contributed by atoms with E-state index in [4.69, 9.17) is 4.74 Å². The monoisotopic (exact) mass is 270 g/mol. The lowest BCUT2D eigenvalue weighted by atomic mass is 9.85. The van der Waals surface area contributed by atoms with Crippen molar-refractivity contribution >= 4 is 18.6 Å². The molecule has 0 amide bonds. The van der Waals surface area contributed by atoms with Crippen LogP contribution in [0.2, 0.25) is 0 Å². The lowest BCUT2D eigenvalue weighted by molar-refractivity contribution is -0.668. The van der Waals surface area contributed by atoms with Crippen molar-refractivity contribution in [2.45, 2.75) is 18.4 Å². The summed E-state index contributed by atoms with van der Waals surface area (Å²) in [6.45, 7) is 1.80. The summed E-state index contributed by atoms with van der Waals surface area (Å²) in [6.07, 6.45) is 1.50.